The highest BCUT2D eigenvalue weighted by Gasteiger charge is 2.51. The number of amides is 3. The van der Waals surface area contributed by atoms with Gasteiger partial charge in [-0.2, -0.15) is 0 Å². The Kier molecular flexibility index (Phi) is 11.8. The van der Waals surface area contributed by atoms with Crippen molar-refractivity contribution in [2.75, 3.05) is 27.0 Å². The zero-order chi connectivity index (χ0) is 36.0. The van der Waals surface area contributed by atoms with Gasteiger partial charge in [-0.05, 0) is 76.5 Å². The summed E-state index contributed by atoms with van der Waals surface area (Å²) in [4.78, 5) is 55.8. The van der Waals surface area contributed by atoms with E-state index in [0.29, 0.717) is 45.1 Å². The smallest absolute Gasteiger partial charge is 0.407 e. The Morgan fingerprint density at radius 1 is 0.980 bits per heavy atom. The minimum Gasteiger partial charge on any atom is -0.461 e. The highest BCUT2D eigenvalue weighted by Crippen LogP contribution is 2.47. The van der Waals surface area contributed by atoms with Crippen molar-refractivity contribution in [1.82, 2.24) is 14.8 Å². The number of carbonyl (C=O) groups is 4. The summed E-state index contributed by atoms with van der Waals surface area (Å²) < 4.78 is 32.1. The first-order valence-corrected chi connectivity index (χ1v) is 17.4. The summed E-state index contributed by atoms with van der Waals surface area (Å²) in [5, 5.41) is 3.46. The minimum atomic E-state index is -0.980. The van der Waals surface area contributed by atoms with E-state index in [0.717, 1.165) is 16.5 Å². The molecular weight excluding hydrogens is 643 g/mol. The topological polar surface area (TPSA) is 142 Å². The molecule has 5 rings (SSSR count). The van der Waals surface area contributed by atoms with Gasteiger partial charge in [-0.3, -0.25) is 9.59 Å². The van der Waals surface area contributed by atoms with Crippen LogP contribution < -0.4 is 11.1 Å². The molecule has 3 aromatic rings. The molecule has 1 saturated carbocycles. The largest absolute Gasteiger partial charge is 0.461 e. The van der Waals surface area contributed by atoms with Crippen LogP contribution in [0.15, 0.2) is 60.7 Å². The fourth-order valence-electron chi connectivity index (χ4n) is 7.53. The summed E-state index contributed by atoms with van der Waals surface area (Å²) in [7, 11) is 1.58. The van der Waals surface area contributed by atoms with Crippen LogP contribution in [0.1, 0.15) is 87.4 Å². The number of nitrogens with zero attached hydrogens (tertiary/aromatic N) is 2. The van der Waals surface area contributed by atoms with Gasteiger partial charge in [-0.1, -0.05) is 48.5 Å². The Labute approximate surface area is 292 Å². The SMILES string of the molecule is COCCCOC(=O)c1cc2ccccc2n1C1C[C@@H](c2ccccc2)[C@@H](C(N)=O)N1C(=O)[C@H]1CC[C@H](C(CF)NC(=O)OC(C)(C)C)CC1. The van der Waals surface area contributed by atoms with Crippen LogP contribution in [0.5, 0.6) is 0 Å². The van der Waals surface area contributed by atoms with Gasteiger partial charge in [0.2, 0.25) is 11.8 Å². The molecule has 11 nitrogen and oxygen atoms in total. The van der Waals surface area contributed by atoms with E-state index < -0.39 is 60.3 Å². The molecule has 12 heteroatoms. The number of fused-ring (bicyclic) bond motifs is 1. The summed E-state index contributed by atoms with van der Waals surface area (Å²) in [5.74, 6) is -2.52. The van der Waals surface area contributed by atoms with E-state index in [1.54, 1.807) is 38.8 Å². The molecule has 1 aromatic heterocycles. The number of nitrogens with two attached hydrogens (primary N) is 1. The van der Waals surface area contributed by atoms with Crippen LogP contribution in [0.25, 0.3) is 10.9 Å². The number of benzene rings is 2. The predicted molar refractivity (Wildman–Crippen MR) is 186 cm³/mol. The first-order chi connectivity index (χ1) is 23.9. The van der Waals surface area contributed by atoms with Gasteiger partial charge >= 0.3 is 12.1 Å². The number of alkyl halides is 1. The number of alkyl carbamates (subject to hydrolysis) is 1. The summed E-state index contributed by atoms with van der Waals surface area (Å²) in [6.07, 6.45) is 1.31. The third-order valence-electron chi connectivity index (χ3n) is 9.78. The van der Waals surface area contributed by atoms with Crippen molar-refractivity contribution < 1.29 is 37.8 Å². The number of para-hydroxylation sites is 1. The van der Waals surface area contributed by atoms with E-state index in [-0.39, 0.29) is 24.1 Å². The number of hydrogen-bond donors (Lipinski definition) is 2. The lowest BCUT2D eigenvalue weighted by atomic mass is 9.78. The highest BCUT2D eigenvalue weighted by atomic mass is 19.1. The lowest BCUT2D eigenvalue weighted by Gasteiger charge is -2.38. The molecule has 270 valence electrons. The molecule has 1 saturated heterocycles. The van der Waals surface area contributed by atoms with Gasteiger partial charge in [0.15, 0.2) is 0 Å². The average molecular weight is 693 g/mol. The van der Waals surface area contributed by atoms with Crippen molar-refractivity contribution in [3.63, 3.8) is 0 Å². The van der Waals surface area contributed by atoms with Gasteiger partial charge in [0.1, 0.15) is 30.2 Å². The first kappa shape index (κ1) is 36.8. The third kappa shape index (κ3) is 8.29. The molecule has 4 atom stereocenters. The Balaban J connectivity index is 1.47. The van der Waals surface area contributed by atoms with E-state index in [1.807, 2.05) is 59.2 Å². The zero-order valence-electron chi connectivity index (χ0n) is 29.3. The number of carbonyl (C=O) groups excluding carboxylic acids is 4. The molecule has 0 radical (unpaired) electrons. The third-order valence-corrected chi connectivity index (χ3v) is 9.78. The zero-order valence-corrected chi connectivity index (χ0v) is 29.3. The summed E-state index contributed by atoms with van der Waals surface area (Å²) in [5.41, 5.74) is 7.26. The fraction of sp³-hybridized carbons (Fsp3) is 0.526. The lowest BCUT2D eigenvalue weighted by molar-refractivity contribution is -0.146. The van der Waals surface area contributed by atoms with Gasteiger partial charge in [-0.25, -0.2) is 14.0 Å². The molecule has 0 spiro atoms. The van der Waals surface area contributed by atoms with Crippen LogP contribution in [0.4, 0.5) is 9.18 Å². The molecule has 50 heavy (non-hydrogen) atoms. The average Bonchev–Trinajstić information content (AvgIpc) is 3.68. The number of methoxy groups -OCH3 is 1. The van der Waals surface area contributed by atoms with E-state index >= 15 is 0 Å². The summed E-state index contributed by atoms with van der Waals surface area (Å²) >= 11 is 0. The van der Waals surface area contributed by atoms with Gasteiger partial charge in [-0.15, -0.1) is 0 Å². The monoisotopic (exact) mass is 692 g/mol. The van der Waals surface area contributed by atoms with Gasteiger partial charge in [0.05, 0.1) is 18.2 Å². The maximum absolute atomic E-state index is 14.8. The number of halogens is 1. The molecule has 1 aliphatic heterocycles. The molecule has 2 aromatic carbocycles. The molecule has 3 amide bonds. The molecule has 2 heterocycles. The Hall–Kier alpha value is -4.45. The van der Waals surface area contributed by atoms with Gasteiger partial charge in [0, 0.05) is 37.4 Å². The Bertz CT molecular complexity index is 1650. The quantitative estimate of drug-likeness (QED) is 0.179. The number of ether oxygens (including phenoxy) is 3. The maximum atomic E-state index is 14.8. The number of nitrogens with one attached hydrogen (secondary N) is 1. The normalized spacial score (nSPS) is 23.0. The van der Waals surface area contributed by atoms with Gasteiger partial charge in [0.25, 0.3) is 0 Å². The maximum Gasteiger partial charge on any atom is 0.407 e. The number of hydrogen-bond acceptors (Lipinski definition) is 7. The second-order valence-electron chi connectivity index (χ2n) is 14.3. The second kappa shape index (κ2) is 16.1. The highest BCUT2D eigenvalue weighted by molar-refractivity contribution is 5.96. The Morgan fingerprint density at radius 2 is 1.66 bits per heavy atom. The van der Waals surface area contributed by atoms with Crippen LogP contribution in [-0.2, 0) is 23.8 Å². The molecule has 2 fully saturated rings. The molecule has 0 bridgehead atoms. The van der Waals surface area contributed by atoms with Crippen LogP contribution in [-0.4, -0.2) is 78.0 Å². The number of rotatable bonds is 12. The van der Waals surface area contributed by atoms with E-state index in [9.17, 15) is 23.6 Å². The lowest BCUT2D eigenvalue weighted by Crippen LogP contribution is -2.51. The molecule has 3 N–H and O–H groups in total. The molecule has 2 aliphatic rings. The summed E-state index contributed by atoms with van der Waals surface area (Å²) in [6.45, 7) is 5.06. The Morgan fingerprint density at radius 3 is 2.30 bits per heavy atom. The number of aromatic nitrogens is 1. The van der Waals surface area contributed by atoms with E-state index in [1.165, 1.54) is 0 Å². The van der Waals surface area contributed by atoms with Crippen molar-refractivity contribution in [2.45, 2.75) is 89.1 Å². The van der Waals surface area contributed by atoms with E-state index in [2.05, 4.69) is 5.32 Å². The van der Waals surface area contributed by atoms with Crippen molar-refractivity contribution in [1.29, 1.82) is 0 Å². The van der Waals surface area contributed by atoms with Crippen LogP contribution in [0, 0.1) is 11.8 Å². The van der Waals surface area contributed by atoms with Crippen LogP contribution in [0.2, 0.25) is 0 Å². The predicted octanol–water partition coefficient (Wildman–Crippen LogP) is 5.87. The standard InChI is InChI=1S/C38H49FN4O7/c1-38(2,3)50-37(47)41-29(23-39)25-15-17-26(18-16-25)35(45)43-32(22-28(33(43)34(40)44)24-11-6-5-7-12-24)42-30-14-9-8-13-27(30)21-31(42)36(46)49-20-10-19-48-4/h5-9,11-14,21,25-26,28-29,32-33H,10,15-20,22-23H2,1-4H3,(H2,40,44)(H,41,47)/t25-,26-,28-,29?,32?,33-/m0/s1. The van der Waals surface area contributed by atoms with Crippen molar-refractivity contribution in [2.24, 2.45) is 17.6 Å². The number of primary amides is 1. The minimum absolute atomic E-state index is 0.157. The van der Waals surface area contributed by atoms with E-state index in [4.69, 9.17) is 19.9 Å². The van der Waals surface area contributed by atoms with Crippen molar-refractivity contribution in [3.8, 4) is 0 Å². The van der Waals surface area contributed by atoms with Gasteiger partial charge < -0.3 is 34.7 Å². The molecule has 1 aliphatic carbocycles. The van der Waals surface area contributed by atoms with Crippen LogP contribution in [0.3, 0.4) is 0 Å². The number of esters is 1. The molecule has 2 unspecified atom stereocenters. The molecular formula is C38H49FN4O7. The summed E-state index contributed by atoms with van der Waals surface area (Å²) in [6, 6.07) is 17.0. The fourth-order valence-corrected chi connectivity index (χ4v) is 7.53. The van der Waals surface area contributed by atoms with Crippen LogP contribution >= 0.6 is 0 Å². The second-order valence-corrected chi connectivity index (χ2v) is 14.3. The first-order valence-electron chi connectivity index (χ1n) is 17.4. The van der Waals surface area contributed by atoms with Crippen molar-refractivity contribution in [3.05, 3.63) is 71.9 Å². The number of likely N-dealkylation sites (tertiary alicyclic amines) is 1. The van der Waals surface area contributed by atoms with Crippen molar-refractivity contribution >= 4 is 34.8 Å².